The van der Waals surface area contributed by atoms with Crippen LogP contribution in [0.5, 0.6) is 0 Å². The summed E-state index contributed by atoms with van der Waals surface area (Å²) in [6, 6.07) is 4.67. The Balaban J connectivity index is 2.23. The van der Waals surface area contributed by atoms with Crippen LogP contribution in [-0.2, 0) is 14.3 Å². The number of esters is 1. The molecule has 2 rings (SSSR count). The standard InChI is InChI=1S/C15H14FNO4S/c1-3-21-14(19)9(2)17-13(18)12(22-15(17)20)8-10-5-4-6-11(16)7-10/h4-9H,3H2,1-2H3/b12-8-/t9-/m1/s1. The third-order valence-corrected chi connectivity index (χ3v) is 3.87. The molecule has 1 atom stereocenters. The summed E-state index contributed by atoms with van der Waals surface area (Å²) < 4.78 is 18.0. The molecular weight excluding hydrogens is 309 g/mol. The summed E-state index contributed by atoms with van der Waals surface area (Å²) in [7, 11) is 0. The topological polar surface area (TPSA) is 63.7 Å². The van der Waals surface area contributed by atoms with Gasteiger partial charge in [-0.3, -0.25) is 14.5 Å². The Hall–Kier alpha value is -2.15. The van der Waals surface area contributed by atoms with Crippen molar-refractivity contribution in [3.05, 3.63) is 40.6 Å². The van der Waals surface area contributed by atoms with Gasteiger partial charge in [-0.2, -0.15) is 0 Å². The smallest absolute Gasteiger partial charge is 0.329 e. The number of thioether (sulfide) groups is 1. The molecule has 22 heavy (non-hydrogen) atoms. The first-order chi connectivity index (χ1) is 10.4. The molecule has 1 fully saturated rings. The summed E-state index contributed by atoms with van der Waals surface area (Å²) in [4.78, 5) is 36.9. The summed E-state index contributed by atoms with van der Waals surface area (Å²) >= 11 is 0.715. The third-order valence-electron chi connectivity index (χ3n) is 2.98. The van der Waals surface area contributed by atoms with Gasteiger partial charge in [-0.1, -0.05) is 12.1 Å². The molecule has 1 aliphatic heterocycles. The molecule has 2 amide bonds. The van der Waals surface area contributed by atoms with Crippen molar-refractivity contribution < 1.29 is 23.5 Å². The van der Waals surface area contributed by atoms with Crippen molar-refractivity contribution in [3.8, 4) is 0 Å². The van der Waals surface area contributed by atoms with Crippen molar-refractivity contribution in [1.29, 1.82) is 0 Å². The molecule has 1 saturated heterocycles. The number of carbonyl (C=O) groups is 3. The number of rotatable bonds is 4. The number of amides is 2. The van der Waals surface area contributed by atoms with E-state index in [1.165, 1.54) is 31.2 Å². The molecule has 1 aromatic rings. The number of hydrogen-bond donors (Lipinski definition) is 0. The summed E-state index contributed by atoms with van der Waals surface area (Å²) in [6.07, 6.45) is 1.42. The first kappa shape index (κ1) is 16.2. The minimum absolute atomic E-state index is 0.145. The molecule has 0 bridgehead atoms. The lowest BCUT2D eigenvalue weighted by Crippen LogP contribution is -2.42. The van der Waals surface area contributed by atoms with Gasteiger partial charge in [0.05, 0.1) is 11.5 Å². The Morgan fingerprint density at radius 3 is 2.82 bits per heavy atom. The Morgan fingerprint density at radius 2 is 2.18 bits per heavy atom. The van der Waals surface area contributed by atoms with Crippen LogP contribution in [0.3, 0.4) is 0 Å². The lowest BCUT2D eigenvalue weighted by molar-refractivity contribution is -0.150. The van der Waals surface area contributed by atoms with E-state index in [0.29, 0.717) is 17.3 Å². The fourth-order valence-electron chi connectivity index (χ4n) is 1.93. The van der Waals surface area contributed by atoms with E-state index < -0.39 is 29.0 Å². The molecule has 5 nitrogen and oxygen atoms in total. The Labute approximate surface area is 131 Å². The quantitative estimate of drug-likeness (QED) is 0.630. The number of benzene rings is 1. The largest absolute Gasteiger partial charge is 0.464 e. The maximum atomic E-state index is 13.2. The molecule has 0 unspecified atom stereocenters. The second-order valence-corrected chi connectivity index (χ2v) is 5.53. The van der Waals surface area contributed by atoms with Gasteiger partial charge in [-0.15, -0.1) is 0 Å². The predicted octanol–water partition coefficient (Wildman–Crippen LogP) is 2.81. The monoisotopic (exact) mass is 323 g/mol. The van der Waals surface area contributed by atoms with E-state index in [9.17, 15) is 18.8 Å². The van der Waals surface area contributed by atoms with Gasteiger partial charge in [-0.25, -0.2) is 9.18 Å². The zero-order chi connectivity index (χ0) is 16.3. The van der Waals surface area contributed by atoms with Gasteiger partial charge >= 0.3 is 5.97 Å². The van der Waals surface area contributed by atoms with Crippen LogP contribution in [0.4, 0.5) is 9.18 Å². The summed E-state index contributed by atoms with van der Waals surface area (Å²) in [5, 5.41) is -0.548. The Morgan fingerprint density at radius 1 is 1.45 bits per heavy atom. The molecular formula is C15H14FNO4S. The Bertz CT molecular complexity index is 659. The summed E-state index contributed by atoms with van der Waals surface area (Å²) in [5.41, 5.74) is 0.467. The number of imide groups is 1. The van der Waals surface area contributed by atoms with Crippen molar-refractivity contribution in [3.63, 3.8) is 0 Å². The van der Waals surface area contributed by atoms with Crippen LogP contribution in [0.1, 0.15) is 19.4 Å². The maximum Gasteiger partial charge on any atom is 0.329 e. The SMILES string of the molecule is CCOC(=O)[C@@H](C)N1C(=O)S/C(=C\c2cccc(F)c2)C1=O. The average Bonchev–Trinajstić information content (AvgIpc) is 2.73. The van der Waals surface area contributed by atoms with Crippen molar-refractivity contribution in [1.82, 2.24) is 4.90 Å². The third kappa shape index (κ3) is 3.36. The zero-order valence-electron chi connectivity index (χ0n) is 12.0. The van der Waals surface area contributed by atoms with Gasteiger partial charge in [-0.05, 0) is 49.4 Å². The predicted molar refractivity (Wildman–Crippen MR) is 80.3 cm³/mol. The van der Waals surface area contributed by atoms with E-state index >= 15 is 0 Å². The van der Waals surface area contributed by atoms with Crippen LogP contribution >= 0.6 is 11.8 Å². The lowest BCUT2D eigenvalue weighted by Gasteiger charge is -2.19. The van der Waals surface area contributed by atoms with Crippen molar-refractivity contribution in [2.75, 3.05) is 6.61 Å². The average molecular weight is 323 g/mol. The molecule has 0 N–H and O–H groups in total. The first-order valence-corrected chi connectivity index (χ1v) is 7.45. The highest BCUT2D eigenvalue weighted by atomic mass is 32.2. The number of ether oxygens (including phenoxy) is 1. The highest BCUT2D eigenvalue weighted by molar-refractivity contribution is 8.18. The van der Waals surface area contributed by atoms with Crippen molar-refractivity contribution in [2.45, 2.75) is 19.9 Å². The highest BCUT2D eigenvalue weighted by Crippen LogP contribution is 2.33. The van der Waals surface area contributed by atoms with Gasteiger partial charge in [0.2, 0.25) is 0 Å². The highest BCUT2D eigenvalue weighted by Gasteiger charge is 2.41. The van der Waals surface area contributed by atoms with Gasteiger partial charge in [0.1, 0.15) is 11.9 Å². The molecule has 0 aliphatic carbocycles. The van der Waals surface area contributed by atoms with Crippen LogP contribution in [0, 0.1) is 5.82 Å². The molecule has 0 aromatic heterocycles. The summed E-state index contributed by atoms with van der Waals surface area (Å²) in [6.45, 7) is 3.24. The van der Waals surface area contributed by atoms with Gasteiger partial charge in [0.25, 0.3) is 11.1 Å². The van der Waals surface area contributed by atoms with Crippen LogP contribution in [0.15, 0.2) is 29.2 Å². The normalized spacial score (nSPS) is 18.0. The molecule has 0 radical (unpaired) electrons. The molecule has 1 aromatic carbocycles. The molecule has 116 valence electrons. The number of nitrogens with zero attached hydrogens (tertiary/aromatic N) is 1. The first-order valence-electron chi connectivity index (χ1n) is 6.63. The van der Waals surface area contributed by atoms with Gasteiger partial charge in [0.15, 0.2) is 0 Å². The number of hydrogen-bond acceptors (Lipinski definition) is 5. The van der Waals surface area contributed by atoms with Crippen LogP contribution in [0.2, 0.25) is 0 Å². The molecule has 0 saturated carbocycles. The number of carbonyl (C=O) groups excluding carboxylic acids is 3. The van der Waals surface area contributed by atoms with Gasteiger partial charge in [0, 0.05) is 0 Å². The fraction of sp³-hybridized carbons (Fsp3) is 0.267. The summed E-state index contributed by atoms with van der Waals surface area (Å²) in [5.74, 6) is -1.66. The van der Waals surface area contributed by atoms with Crippen LogP contribution in [-0.4, -0.2) is 34.7 Å². The van der Waals surface area contributed by atoms with E-state index in [2.05, 4.69) is 0 Å². The van der Waals surface area contributed by atoms with Gasteiger partial charge < -0.3 is 4.74 Å². The van der Waals surface area contributed by atoms with E-state index in [1.54, 1.807) is 13.0 Å². The minimum atomic E-state index is -0.995. The van der Waals surface area contributed by atoms with E-state index in [4.69, 9.17) is 4.74 Å². The maximum absolute atomic E-state index is 13.2. The van der Waals surface area contributed by atoms with Crippen LogP contribution in [0.25, 0.3) is 6.08 Å². The molecule has 1 aliphatic rings. The second kappa shape index (κ2) is 6.74. The van der Waals surface area contributed by atoms with Crippen molar-refractivity contribution >= 4 is 35.0 Å². The van der Waals surface area contributed by atoms with E-state index in [-0.39, 0.29) is 11.5 Å². The molecule has 1 heterocycles. The second-order valence-electron chi connectivity index (χ2n) is 4.53. The Kier molecular flexibility index (Phi) is 4.97. The fourth-order valence-corrected chi connectivity index (χ4v) is 2.84. The molecule has 0 spiro atoms. The minimum Gasteiger partial charge on any atom is -0.464 e. The zero-order valence-corrected chi connectivity index (χ0v) is 12.9. The van der Waals surface area contributed by atoms with Crippen LogP contribution < -0.4 is 0 Å². The van der Waals surface area contributed by atoms with Crippen molar-refractivity contribution in [2.24, 2.45) is 0 Å². The lowest BCUT2D eigenvalue weighted by atomic mass is 10.2. The number of halogens is 1. The van der Waals surface area contributed by atoms with E-state index in [1.807, 2.05) is 0 Å². The molecule has 7 heteroatoms. The van der Waals surface area contributed by atoms with E-state index in [0.717, 1.165) is 4.90 Å².